The lowest BCUT2D eigenvalue weighted by Gasteiger charge is -2.08. The van der Waals surface area contributed by atoms with E-state index in [0.29, 0.717) is 24.5 Å². The van der Waals surface area contributed by atoms with E-state index in [1.807, 2.05) is 67.6 Å². The van der Waals surface area contributed by atoms with Crippen LogP contribution in [0.25, 0.3) is 6.08 Å². The summed E-state index contributed by atoms with van der Waals surface area (Å²) in [7, 11) is 0. The summed E-state index contributed by atoms with van der Waals surface area (Å²) in [6.45, 7) is 2.90. The van der Waals surface area contributed by atoms with E-state index in [1.165, 1.54) is 0 Å². The molecule has 0 bridgehead atoms. The van der Waals surface area contributed by atoms with E-state index in [-0.39, 0.29) is 11.5 Å². The van der Waals surface area contributed by atoms with Crippen molar-refractivity contribution in [1.82, 2.24) is 5.32 Å². The van der Waals surface area contributed by atoms with Crippen LogP contribution in [0.5, 0.6) is 5.75 Å². The molecule has 122 valence electrons. The van der Waals surface area contributed by atoms with Gasteiger partial charge in [-0.25, -0.2) is 0 Å². The van der Waals surface area contributed by atoms with Crippen LogP contribution in [0.3, 0.4) is 0 Å². The Hall–Kier alpha value is -3.06. The van der Waals surface area contributed by atoms with Crippen molar-refractivity contribution in [1.29, 1.82) is 5.26 Å². The monoisotopic (exact) mass is 320 g/mol. The predicted molar refractivity (Wildman–Crippen MR) is 94.4 cm³/mol. The van der Waals surface area contributed by atoms with Gasteiger partial charge in [-0.1, -0.05) is 48.5 Å². The van der Waals surface area contributed by atoms with E-state index >= 15 is 0 Å². The average molecular weight is 320 g/mol. The van der Waals surface area contributed by atoms with Crippen LogP contribution in [0.15, 0.2) is 60.2 Å². The number of hydrogen-bond acceptors (Lipinski definition) is 3. The number of para-hydroxylation sites is 1. The van der Waals surface area contributed by atoms with Crippen LogP contribution >= 0.6 is 0 Å². The first kappa shape index (κ1) is 17.3. The van der Waals surface area contributed by atoms with Crippen molar-refractivity contribution in [2.45, 2.75) is 13.3 Å². The van der Waals surface area contributed by atoms with E-state index in [2.05, 4.69) is 5.32 Å². The van der Waals surface area contributed by atoms with E-state index in [1.54, 1.807) is 6.08 Å². The summed E-state index contributed by atoms with van der Waals surface area (Å²) in [6.07, 6.45) is 2.28. The maximum Gasteiger partial charge on any atom is 0.261 e. The smallest absolute Gasteiger partial charge is 0.261 e. The normalized spacial score (nSPS) is 10.8. The molecule has 2 aromatic rings. The van der Waals surface area contributed by atoms with Crippen molar-refractivity contribution in [3.63, 3.8) is 0 Å². The molecule has 0 heterocycles. The summed E-state index contributed by atoms with van der Waals surface area (Å²) >= 11 is 0. The number of ether oxygens (including phenoxy) is 1. The Morgan fingerprint density at radius 2 is 1.88 bits per heavy atom. The molecule has 0 aliphatic rings. The molecule has 4 heteroatoms. The molecule has 0 saturated heterocycles. The fourth-order valence-electron chi connectivity index (χ4n) is 2.25. The molecule has 0 atom stereocenters. The summed E-state index contributed by atoms with van der Waals surface area (Å²) in [5, 5.41) is 12.1. The Morgan fingerprint density at radius 1 is 1.17 bits per heavy atom. The first-order valence-electron chi connectivity index (χ1n) is 7.90. The van der Waals surface area contributed by atoms with Crippen molar-refractivity contribution >= 4 is 12.0 Å². The number of benzene rings is 2. The highest BCUT2D eigenvalue weighted by atomic mass is 16.5. The Labute approximate surface area is 142 Å². The SMILES string of the molecule is CCOc1ccccc1/C=C(/C#N)C(=O)NCCc1ccccc1. The fraction of sp³-hybridized carbons (Fsp3) is 0.200. The van der Waals surface area contributed by atoms with Crippen LogP contribution < -0.4 is 10.1 Å². The highest BCUT2D eigenvalue weighted by molar-refractivity contribution is 6.01. The summed E-state index contributed by atoms with van der Waals surface area (Å²) in [5.74, 6) is 0.282. The molecule has 4 nitrogen and oxygen atoms in total. The molecule has 0 unspecified atom stereocenters. The number of nitrogens with one attached hydrogen (secondary N) is 1. The van der Waals surface area contributed by atoms with E-state index < -0.39 is 0 Å². The molecule has 1 amide bonds. The van der Waals surface area contributed by atoms with Gasteiger partial charge in [0.05, 0.1) is 6.61 Å². The summed E-state index contributed by atoms with van der Waals surface area (Å²) in [5.41, 5.74) is 1.92. The minimum atomic E-state index is -0.375. The molecule has 24 heavy (non-hydrogen) atoms. The van der Waals surface area contributed by atoms with Gasteiger partial charge in [0.2, 0.25) is 0 Å². The molecular weight excluding hydrogens is 300 g/mol. The van der Waals surface area contributed by atoms with Gasteiger partial charge in [0, 0.05) is 12.1 Å². The first-order valence-corrected chi connectivity index (χ1v) is 7.90. The summed E-state index contributed by atoms with van der Waals surface area (Å²) < 4.78 is 5.52. The standard InChI is InChI=1S/C20H20N2O2/c1-2-24-19-11-7-6-10-17(19)14-18(15-21)20(23)22-13-12-16-8-4-3-5-9-16/h3-11,14H,2,12-13H2,1H3,(H,22,23)/b18-14-. The van der Waals surface area contributed by atoms with Crippen LogP contribution in [0, 0.1) is 11.3 Å². The first-order chi connectivity index (χ1) is 11.7. The molecule has 1 N–H and O–H groups in total. The zero-order chi connectivity index (χ0) is 17.2. The maximum absolute atomic E-state index is 12.2. The van der Waals surface area contributed by atoms with Gasteiger partial charge in [-0.3, -0.25) is 4.79 Å². The molecular formula is C20H20N2O2. The van der Waals surface area contributed by atoms with Gasteiger partial charge >= 0.3 is 0 Å². The van der Waals surface area contributed by atoms with Crippen molar-refractivity contribution in [3.05, 3.63) is 71.3 Å². The minimum absolute atomic E-state index is 0.0650. The number of carbonyl (C=O) groups is 1. The zero-order valence-electron chi connectivity index (χ0n) is 13.7. The molecule has 0 aliphatic carbocycles. The van der Waals surface area contributed by atoms with Gasteiger partial charge in [0.1, 0.15) is 17.4 Å². The second kappa shape index (κ2) is 9.16. The maximum atomic E-state index is 12.2. The Balaban J connectivity index is 2.02. The molecule has 0 radical (unpaired) electrons. The largest absolute Gasteiger partial charge is 0.493 e. The van der Waals surface area contributed by atoms with Crippen LogP contribution in [0.1, 0.15) is 18.1 Å². The van der Waals surface area contributed by atoms with Gasteiger partial charge in [-0.2, -0.15) is 5.26 Å². The number of nitrogens with zero attached hydrogens (tertiary/aromatic N) is 1. The zero-order valence-corrected chi connectivity index (χ0v) is 13.7. The molecule has 0 saturated carbocycles. The third-order valence-electron chi connectivity index (χ3n) is 3.43. The fourth-order valence-corrected chi connectivity index (χ4v) is 2.25. The highest BCUT2D eigenvalue weighted by Gasteiger charge is 2.10. The van der Waals surface area contributed by atoms with Crippen LogP contribution in [-0.4, -0.2) is 19.1 Å². The van der Waals surface area contributed by atoms with Gasteiger partial charge in [0.15, 0.2) is 0 Å². The average Bonchev–Trinajstić information content (AvgIpc) is 2.62. The lowest BCUT2D eigenvalue weighted by Crippen LogP contribution is -2.26. The molecule has 0 fully saturated rings. The third kappa shape index (κ3) is 4.99. The Kier molecular flexibility index (Phi) is 6.60. The number of carbonyl (C=O) groups excluding carboxylic acids is 1. The van der Waals surface area contributed by atoms with E-state index in [9.17, 15) is 10.1 Å². The quantitative estimate of drug-likeness (QED) is 0.628. The molecule has 0 aromatic heterocycles. The Morgan fingerprint density at radius 3 is 2.58 bits per heavy atom. The van der Waals surface area contributed by atoms with Crippen LogP contribution in [0.2, 0.25) is 0 Å². The van der Waals surface area contributed by atoms with Crippen LogP contribution in [-0.2, 0) is 11.2 Å². The molecule has 0 aliphatic heterocycles. The van der Waals surface area contributed by atoms with Gasteiger partial charge < -0.3 is 10.1 Å². The van der Waals surface area contributed by atoms with E-state index in [0.717, 1.165) is 12.0 Å². The number of rotatable bonds is 7. The topological polar surface area (TPSA) is 62.1 Å². The summed E-state index contributed by atoms with van der Waals surface area (Å²) in [4.78, 5) is 12.2. The van der Waals surface area contributed by atoms with Crippen molar-refractivity contribution in [2.24, 2.45) is 0 Å². The van der Waals surface area contributed by atoms with Gasteiger partial charge in [-0.05, 0) is 31.1 Å². The van der Waals surface area contributed by atoms with Crippen molar-refractivity contribution in [2.75, 3.05) is 13.2 Å². The summed E-state index contributed by atoms with van der Waals surface area (Å²) in [6, 6.07) is 19.2. The lowest BCUT2D eigenvalue weighted by atomic mass is 10.1. The van der Waals surface area contributed by atoms with Crippen molar-refractivity contribution in [3.8, 4) is 11.8 Å². The number of amides is 1. The molecule has 2 rings (SSSR count). The predicted octanol–water partition coefficient (Wildman–Crippen LogP) is 3.35. The second-order valence-corrected chi connectivity index (χ2v) is 5.13. The number of hydrogen-bond donors (Lipinski definition) is 1. The second-order valence-electron chi connectivity index (χ2n) is 5.13. The Bertz CT molecular complexity index is 746. The third-order valence-corrected chi connectivity index (χ3v) is 3.43. The molecule has 0 spiro atoms. The lowest BCUT2D eigenvalue weighted by molar-refractivity contribution is -0.117. The van der Waals surface area contributed by atoms with Gasteiger partial charge in [-0.15, -0.1) is 0 Å². The van der Waals surface area contributed by atoms with Gasteiger partial charge in [0.25, 0.3) is 5.91 Å². The minimum Gasteiger partial charge on any atom is -0.493 e. The van der Waals surface area contributed by atoms with E-state index in [4.69, 9.17) is 4.74 Å². The molecule has 2 aromatic carbocycles. The highest BCUT2D eigenvalue weighted by Crippen LogP contribution is 2.20. The van der Waals surface area contributed by atoms with Crippen LogP contribution in [0.4, 0.5) is 0 Å². The number of nitriles is 1. The van der Waals surface area contributed by atoms with Crippen molar-refractivity contribution < 1.29 is 9.53 Å².